The van der Waals surface area contributed by atoms with Crippen molar-refractivity contribution in [1.29, 1.82) is 0 Å². The van der Waals surface area contributed by atoms with Gasteiger partial charge >= 0.3 is 5.97 Å². The first kappa shape index (κ1) is 33.4. The molecule has 1 saturated heterocycles. The van der Waals surface area contributed by atoms with Gasteiger partial charge in [-0.05, 0) is 18.9 Å². The summed E-state index contributed by atoms with van der Waals surface area (Å²) in [7, 11) is 0. The lowest BCUT2D eigenvalue weighted by Gasteiger charge is -2.40. The number of β-lactam (4-membered cyclic amide) rings is 1. The molecule has 3 aromatic carbocycles. The van der Waals surface area contributed by atoms with E-state index < -0.39 is 32.8 Å². The van der Waals surface area contributed by atoms with Gasteiger partial charge in [0, 0.05) is 52.9 Å². The van der Waals surface area contributed by atoms with E-state index in [1.165, 1.54) is 59.9 Å². The van der Waals surface area contributed by atoms with Gasteiger partial charge in [0.1, 0.15) is 6.10 Å². The standard InChI is InChI=1S/C29H28N4O10S2/c1-18(42-43-26(34)14-19-10-12-22(13-11-19)31(36)37)28-23(30-29(28)35)15-27(44-16-20-6-2-4-8-24(20)32(38)39)45-17-21-7-3-5-9-25(21)33(40)41/h2-13,18,23,27-28H,14-17H2,1H3,(H,30,35)/t18?,23-,28+/m0/s1. The zero-order valence-corrected chi connectivity index (χ0v) is 25.4. The third-order valence-corrected chi connectivity index (χ3v) is 9.93. The Labute approximate surface area is 265 Å². The molecule has 3 atom stereocenters. The Morgan fingerprint density at radius 2 is 1.38 bits per heavy atom. The normalized spacial score (nSPS) is 16.4. The average molecular weight is 657 g/mol. The van der Waals surface area contributed by atoms with E-state index in [1.807, 2.05) is 0 Å². The largest absolute Gasteiger partial charge is 0.352 e. The molecule has 16 heteroatoms. The van der Waals surface area contributed by atoms with Gasteiger partial charge in [0.05, 0.1) is 31.7 Å². The predicted octanol–water partition coefficient (Wildman–Crippen LogP) is 5.51. The highest BCUT2D eigenvalue weighted by Gasteiger charge is 2.45. The highest BCUT2D eigenvalue weighted by atomic mass is 32.2. The number of nitrogens with zero attached hydrogens (tertiary/aromatic N) is 3. The van der Waals surface area contributed by atoms with E-state index in [-0.39, 0.29) is 40.0 Å². The third-order valence-electron chi connectivity index (χ3n) is 7.03. The van der Waals surface area contributed by atoms with Crippen LogP contribution in [0.3, 0.4) is 0 Å². The quantitative estimate of drug-likeness (QED) is 0.0668. The van der Waals surface area contributed by atoms with Crippen LogP contribution in [0.25, 0.3) is 0 Å². The maximum Gasteiger partial charge on any atom is 0.346 e. The van der Waals surface area contributed by atoms with Crippen LogP contribution < -0.4 is 5.32 Å². The van der Waals surface area contributed by atoms with Crippen molar-refractivity contribution in [2.75, 3.05) is 0 Å². The lowest BCUT2D eigenvalue weighted by atomic mass is 9.84. The van der Waals surface area contributed by atoms with E-state index in [1.54, 1.807) is 43.3 Å². The minimum Gasteiger partial charge on any atom is -0.352 e. The Bertz CT molecular complexity index is 1510. The number of hydrogen-bond donors (Lipinski definition) is 1. The number of rotatable bonds is 16. The van der Waals surface area contributed by atoms with Crippen molar-refractivity contribution in [2.24, 2.45) is 5.92 Å². The molecule has 236 valence electrons. The van der Waals surface area contributed by atoms with Gasteiger partial charge in [-0.2, -0.15) is 4.89 Å². The molecule has 14 nitrogen and oxygen atoms in total. The molecule has 0 bridgehead atoms. The SMILES string of the molecule is CC(OOC(=O)Cc1ccc([N+](=O)[O-])cc1)[C@H]1C(=O)N[C@H]1CC(SCc1ccccc1[N+](=O)[O-])SCc1ccccc1[N+](=O)[O-]. The first-order valence-electron chi connectivity index (χ1n) is 13.6. The minimum absolute atomic E-state index is 0.0140. The molecule has 0 radical (unpaired) electrons. The molecule has 1 aliphatic heterocycles. The third kappa shape index (κ3) is 8.99. The van der Waals surface area contributed by atoms with Crippen LogP contribution in [-0.4, -0.2) is 43.4 Å². The molecule has 0 aliphatic carbocycles. The van der Waals surface area contributed by atoms with Crippen molar-refractivity contribution in [2.45, 2.75) is 48.0 Å². The maximum atomic E-state index is 12.5. The topological polar surface area (TPSA) is 194 Å². The molecule has 1 unspecified atom stereocenters. The molecule has 3 aromatic rings. The summed E-state index contributed by atoms with van der Waals surface area (Å²) in [5.41, 5.74) is 1.39. The zero-order valence-electron chi connectivity index (χ0n) is 23.8. The Hall–Kier alpha value is -4.54. The van der Waals surface area contributed by atoms with E-state index in [0.29, 0.717) is 34.6 Å². The van der Waals surface area contributed by atoms with Crippen LogP contribution in [0.5, 0.6) is 0 Å². The van der Waals surface area contributed by atoms with Crippen molar-refractivity contribution in [1.82, 2.24) is 5.32 Å². The van der Waals surface area contributed by atoms with E-state index >= 15 is 0 Å². The lowest BCUT2D eigenvalue weighted by molar-refractivity contribution is -0.385. The number of para-hydroxylation sites is 2. The highest BCUT2D eigenvalue weighted by molar-refractivity contribution is 8.16. The first-order valence-corrected chi connectivity index (χ1v) is 15.7. The van der Waals surface area contributed by atoms with Gasteiger partial charge in [0.25, 0.3) is 17.1 Å². The number of thioether (sulfide) groups is 2. The molecule has 1 fully saturated rings. The van der Waals surface area contributed by atoms with E-state index in [2.05, 4.69) is 5.32 Å². The first-order chi connectivity index (χ1) is 21.5. The smallest absolute Gasteiger partial charge is 0.346 e. The number of nitro groups is 3. The van der Waals surface area contributed by atoms with Crippen molar-refractivity contribution >= 4 is 52.5 Å². The van der Waals surface area contributed by atoms with Gasteiger partial charge in [-0.3, -0.25) is 40.0 Å². The molecule has 1 amide bonds. The number of hydrogen-bond acceptors (Lipinski definition) is 12. The number of non-ortho nitro benzene ring substituents is 1. The van der Waals surface area contributed by atoms with Crippen LogP contribution in [0.2, 0.25) is 0 Å². The summed E-state index contributed by atoms with van der Waals surface area (Å²) in [5, 5.41) is 36.7. The monoisotopic (exact) mass is 656 g/mol. The van der Waals surface area contributed by atoms with Gasteiger partial charge in [0.2, 0.25) is 5.91 Å². The summed E-state index contributed by atoms with van der Waals surface area (Å²) in [6.07, 6.45) is -0.611. The van der Waals surface area contributed by atoms with Crippen molar-refractivity contribution in [3.8, 4) is 0 Å². The molecular weight excluding hydrogens is 628 g/mol. The minimum atomic E-state index is -0.814. The van der Waals surface area contributed by atoms with Crippen LogP contribution in [0, 0.1) is 36.3 Å². The fourth-order valence-electron chi connectivity index (χ4n) is 4.70. The predicted molar refractivity (Wildman–Crippen MR) is 166 cm³/mol. The van der Waals surface area contributed by atoms with Crippen molar-refractivity contribution in [3.05, 3.63) is 120 Å². The van der Waals surface area contributed by atoms with Gasteiger partial charge in [-0.15, -0.1) is 23.5 Å². The molecule has 4 rings (SSSR count). The highest BCUT2D eigenvalue weighted by Crippen LogP contribution is 2.39. The number of amides is 1. The summed E-state index contributed by atoms with van der Waals surface area (Å²) in [6.45, 7) is 1.59. The molecule has 1 heterocycles. The van der Waals surface area contributed by atoms with Crippen LogP contribution >= 0.6 is 23.5 Å². The Morgan fingerprint density at radius 1 is 0.844 bits per heavy atom. The molecule has 1 aliphatic rings. The second-order valence-corrected chi connectivity index (χ2v) is 12.7. The van der Waals surface area contributed by atoms with E-state index in [9.17, 15) is 39.9 Å². The summed E-state index contributed by atoms with van der Waals surface area (Å²) >= 11 is 2.85. The summed E-state index contributed by atoms with van der Waals surface area (Å²) < 4.78 is -0.241. The average Bonchev–Trinajstić information content (AvgIpc) is 3.01. The summed E-state index contributed by atoms with van der Waals surface area (Å²) in [4.78, 5) is 67.5. The molecule has 45 heavy (non-hydrogen) atoms. The van der Waals surface area contributed by atoms with Crippen LogP contribution in [0.4, 0.5) is 17.1 Å². The van der Waals surface area contributed by atoms with Gasteiger partial charge in [0.15, 0.2) is 0 Å². The van der Waals surface area contributed by atoms with Crippen LogP contribution in [0.1, 0.15) is 30.0 Å². The second kappa shape index (κ2) is 15.5. The van der Waals surface area contributed by atoms with Crippen LogP contribution in [0.15, 0.2) is 72.8 Å². The maximum absolute atomic E-state index is 12.5. The second-order valence-electron chi connectivity index (χ2n) is 10.1. The Balaban J connectivity index is 1.39. The number of carbonyl (C=O) groups excluding carboxylic acids is 2. The number of nitro benzene ring substituents is 3. The van der Waals surface area contributed by atoms with Crippen LogP contribution in [-0.2, 0) is 37.3 Å². The fourth-order valence-corrected chi connectivity index (χ4v) is 7.40. The number of carbonyl (C=O) groups is 2. The van der Waals surface area contributed by atoms with Gasteiger partial charge < -0.3 is 5.32 Å². The Kier molecular flexibility index (Phi) is 11.5. The van der Waals surface area contributed by atoms with Gasteiger partial charge in [-0.25, -0.2) is 4.79 Å². The fraction of sp³-hybridized carbons (Fsp3) is 0.310. The lowest BCUT2D eigenvalue weighted by Crippen LogP contribution is -2.62. The van der Waals surface area contributed by atoms with Crippen molar-refractivity contribution < 1.29 is 34.1 Å². The molecule has 0 aromatic heterocycles. The summed E-state index contributed by atoms with van der Waals surface area (Å²) in [5.74, 6) is -1.12. The van der Waals surface area contributed by atoms with E-state index in [4.69, 9.17) is 9.78 Å². The summed E-state index contributed by atoms with van der Waals surface area (Å²) in [6, 6.07) is 17.8. The van der Waals surface area contributed by atoms with E-state index in [0.717, 1.165) is 0 Å². The molecule has 0 saturated carbocycles. The molecule has 0 spiro atoms. The van der Waals surface area contributed by atoms with Crippen molar-refractivity contribution in [3.63, 3.8) is 0 Å². The number of nitrogens with one attached hydrogen (secondary N) is 1. The molecule has 1 N–H and O–H groups in total. The Morgan fingerprint density at radius 3 is 1.87 bits per heavy atom. The zero-order chi connectivity index (χ0) is 32.5. The number of benzene rings is 3. The molecular formula is C29H28N4O10S2. The van der Waals surface area contributed by atoms with Gasteiger partial charge in [-0.1, -0.05) is 48.5 Å².